The van der Waals surface area contributed by atoms with E-state index in [1.54, 1.807) is 0 Å². The molecule has 1 aromatic carbocycles. The van der Waals surface area contributed by atoms with E-state index in [4.69, 9.17) is 4.99 Å². The maximum absolute atomic E-state index is 13.7. The van der Waals surface area contributed by atoms with Crippen LogP contribution in [-0.2, 0) is 4.79 Å². The van der Waals surface area contributed by atoms with Crippen molar-refractivity contribution < 1.29 is 9.18 Å². The number of rotatable bonds is 1. The fraction of sp³-hybridized carbons (Fsp3) is 0.474. The lowest BCUT2D eigenvalue weighted by molar-refractivity contribution is -0.116. The minimum Gasteiger partial charge on any atom is -0.294 e. The van der Waals surface area contributed by atoms with Crippen LogP contribution in [0.1, 0.15) is 56.4 Å². The molecule has 0 spiro atoms. The van der Waals surface area contributed by atoms with Crippen molar-refractivity contribution in [3.05, 3.63) is 45.3 Å². The second kappa shape index (κ2) is 5.97. The molecule has 23 heavy (non-hydrogen) atoms. The Balaban J connectivity index is 1.86. The molecular formula is C19H19BrFNO. The average molecular weight is 376 g/mol. The highest BCUT2D eigenvalue weighted by atomic mass is 79.9. The van der Waals surface area contributed by atoms with Crippen LogP contribution in [0.5, 0.6) is 0 Å². The summed E-state index contributed by atoms with van der Waals surface area (Å²) < 4.78 is 14.1. The number of hydrogen-bond donors (Lipinski definition) is 0. The maximum atomic E-state index is 13.7. The number of ketones is 1. The quantitative estimate of drug-likeness (QED) is 0.652. The van der Waals surface area contributed by atoms with E-state index in [1.165, 1.54) is 24.6 Å². The van der Waals surface area contributed by atoms with Crippen LogP contribution in [0.2, 0.25) is 0 Å². The highest BCUT2D eigenvalue weighted by Crippen LogP contribution is 2.47. The van der Waals surface area contributed by atoms with E-state index >= 15 is 0 Å². The van der Waals surface area contributed by atoms with Gasteiger partial charge in [-0.15, -0.1) is 0 Å². The highest BCUT2D eigenvalue weighted by Gasteiger charge is 2.40. The smallest absolute Gasteiger partial charge is 0.161 e. The molecule has 0 saturated heterocycles. The Kier molecular flexibility index (Phi) is 3.96. The zero-order chi connectivity index (χ0) is 16.0. The third kappa shape index (κ3) is 2.61. The molecule has 1 saturated carbocycles. The van der Waals surface area contributed by atoms with Crippen molar-refractivity contribution in [2.75, 3.05) is 0 Å². The summed E-state index contributed by atoms with van der Waals surface area (Å²) in [6, 6.07) is 5.19. The number of hydrogen-bond acceptors (Lipinski definition) is 2. The van der Waals surface area contributed by atoms with Crippen LogP contribution in [0, 0.1) is 11.7 Å². The minimum atomic E-state index is -0.258. The van der Waals surface area contributed by atoms with Gasteiger partial charge in [0.15, 0.2) is 5.78 Å². The Bertz CT molecular complexity index is 737. The molecule has 0 amide bonds. The van der Waals surface area contributed by atoms with Crippen molar-refractivity contribution in [2.24, 2.45) is 10.9 Å². The van der Waals surface area contributed by atoms with E-state index in [2.05, 4.69) is 15.9 Å². The molecular weight excluding hydrogens is 357 g/mol. The van der Waals surface area contributed by atoms with Crippen LogP contribution < -0.4 is 0 Å². The molecule has 2 aliphatic carbocycles. The van der Waals surface area contributed by atoms with Gasteiger partial charge < -0.3 is 0 Å². The first-order valence-electron chi connectivity index (χ1n) is 8.44. The number of Topliss-reactive ketones (excluding diaryl/α,β-unsaturated/α-hetero) is 1. The maximum Gasteiger partial charge on any atom is 0.161 e. The number of benzene rings is 1. The summed E-state index contributed by atoms with van der Waals surface area (Å²) in [5, 5.41) is 0. The Labute approximate surface area is 144 Å². The number of carbonyl (C=O) groups excluding carboxylic acids is 1. The van der Waals surface area contributed by atoms with Gasteiger partial charge in [-0.25, -0.2) is 4.39 Å². The average Bonchev–Trinajstić information content (AvgIpc) is 2.56. The Morgan fingerprint density at radius 1 is 1.13 bits per heavy atom. The molecule has 3 aliphatic rings. The number of nitrogens with zero attached hydrogens (tertiary/aromatic N) is 1. The first-order chi connectivity index (χ1) is 11.1. The van der Waals surface area contributed by atoms with Crippen molar-refractivity contribution in [1.29, 1.82) is 0 Å². The predicted molar refractivity (Wildman–Crippen MR) is 92.1 cm³/mol. The Hall–Kier alpha value is -1.29. The van der Waals surface area contributed by atoms with Crippen LogP contribution in [0.25, 0.3) is 0 Å². The summed E-state index contributed by atoms with van der Waals surface area (Å²) in [6.07, 6.45) is 6.90. The van der Waals surface area contributed by atoms with Gasteiger partial charge in [-0.1, -0.05) is 12.5 Å². The van der Waals surface area contributed by atoms with Crippen molar-refractivity contribution in [2.45, 2.75) is 50.9 Å². The second-order valence-corrected chi connectivity index (χ2v) is 7.60. The number of allylic oxidation sites excluding steroid dienone is 2. The van der Waals surface area contributed by atoms with Gasteiger partial charge in [-0.05, 0) is 65.7 Å². The minimum absolute atomic E-state index is 0.0579. The second-order valence-electron chi connectivity index (χ2n) is 6.74. The summed E-state index contributed by atoms with van der Waals surface area (Å²) in [6.45, 7) is 0. The summed E-state index contributed by atoms with van der Waals surface area (Å²) >= 11 is 3.30. The first-order valence-corrected chi connectivity index (χ1v) is 9.23. The van der Waals surface area contributed by atoms with Crippen molar-refractivity contribution in [3.63, 3.8) is 0 Å². The van der Waals surface area contributed by atoms with Crippen molar-refractivity contribution >= 4 is 27.4 Å². The standard InChI is InChI=1S/C19H19BrFNO/c20-13-10-11(8-9-14(13)21)18-12-4-1-2-5-15(12)22-16-6-3-7-17(23)19(16)18/h8-10,12,18H,1-7H2. The molecule has 0 bridgehead atoms. The van der Waals surface area contributed by atoms with E-state index in [0.29, 0.717) is 16.8 Å². The Morgan fingerprint density at radius 2 is 2.00 bits per heavy atom. The van der Waals surface area contributed by atoms with Crippen LogP contribution >= 0.6 is 15.9 Å². The van der Waals surface area contributed by atoms with E-state index in [0.717, 1.165) is 42.5 Å². The highest BCUT2D eigenvalue weighted by molar-refractivity contribution is 9.10. The zero-order valence-electron chi connectivity index (χ0n) is 12.9. The third-order valence-corrected chi connectivity index (χ3v) is 5.96. The molecule has 1 aliphatic heterocycles. The molecule has 1 heterocycles. The summed E-state index contributed by atoms with van der Waals surface area (Å²) in [5.41, 5.74) is 4.21. The molecule has 0 N–H and O–H groups in total. The van der Waals surface area contributed by atoms with Gasteiger partial charge in [0.1, 0.15) is 5.82 Å². The molecule has 2 atom stereocenters. The fourth-order valence-electron chi connectivity index (χ4n) is 4.32. The van der Waals surface area contributed by atoms with E-state index in [9.17, 15) is 9.18 Å². The molecule has 0 radical (unpaired) electrons. The molecule has 4 rings (SSSR count). The fourth-order valence-corrected chi connectivity index (χ4v) is 4.71. The normalized spacial score (nSPS) is 27.4. The van der Waals surface area contributed by atoms with Crippen molar-refractivity contribution in [3.8, 4) is 0 Å². The summed E-state index contributed by atoms with van der Waals surface area (Å²) in [4.78, 5) is 17.5. The number of carbonyl (C=O) groups is 1. The predicted octanol–water partition coefficient (Wildman–Crippen LogP) is 5.32. The lowest BCUT2D eigenvalue weighted by Gasteiger charge is -2.38. The molecule has 1 fully saturated rings. The lowest BCUT2D eigenvalue weighted by Crippen LogP contribution is -2.34. The topological polar surface area (TPSA) is 29.4 Å². The molecule has 4 heteroatoms. The monoisotopic (exact) mass is 375 g/mol. The molecule has 2 unspecified atom stereocenters. The third-order valence-electron chi connectivity index (χ3n) is 5.35. The SMILES string of the molecule is O=C1CCCC2=C1C(c1ccc(F)c(Br)c1)C1CCCCC1=N2. The van der Waals surface area contributed by atoms with Gasteiger partial charge in [-0.2, -0.15) is 0 Å². The lowest BCUT2D eigenvalue weighted by atomic mass is 9.67. The van der Waals surface area contributed by atoms with E-state index in [1.807, 2.05) is 12.1 Å². The van der Waals surface area contributed by atoms with Crippen LogP contribution in [-0.4, -0.2) is 11.5 Å². The van der Waals surface area contributed by atoms with E-state index < -0.39 is 0 Å². The molecule has 2 nitrogen and oxygen atoms in total. The zero-order valence-corrected chi connectivity index (χ0v) is 14.5. The van der Waals surface area contributed by atoms with Gasteiger partial charge in [0, 0.05) is 35.2 Å². The van der Waals surface area contributed by atoms with Crippen LogP contribution in [0.4, 0.5) is 4.39 Å². The van der Waals surface area contributed by atoms with Crippen LogP contribution in [0.3, 0.4) is 0 Å². The molecule has 120 valence electrons. The van der Waals surface area contributed by atoms with Gasteiger partial charge in [0.05, 0.1) is 4.47 Å². The van der Waals surface area contributed by atoms with Gasteiger partial charge in [0.2, 0.25) is 0 Å². The first kappa shape index (κ1) is 15.3. The van der Waals surface area contributed by atoms with Gasteiger partial charge in [-0.3, -0.25) is 9.79 Å². The largest absolute Gasteiger partial charge is 0.294 e. The number of halogens is 2. The number of aliphatic imine (C=N–C) groups is 1. The van der Waals surface area contributed by atoms with Crippen molar-refractivity contribution in [1.82, 2.24) is 0 Å². The Morgan fingerprint density at radius 3 is 2.83 bits per heavy atom. The number of fused-ring (bicyclic) bond motifs is 1. The molecule has 0 aromatic heterocycles. The van der Waals surface area contributed by atoms with Crippen LogP contribution in [0.15, 0.2) is 38.9 Å². The van der Waals surface area contributed by atoms with Gasteiger partial charge >= 0.3 is 0 Å². The summed E-state index contributed by atoms with van der Waals surface area (Å²) in [5.74, 6) is 0.348. The van der Waals surface area contributed by atoms with Gasteiger partial charge in [0.25, 0.3) is 0 Å². The summed E-state index contributed by atoms with van der Waals surface area (Å²) in [7, 11) is 0. The van der Waals surface area contributed by atoms with E-state index in [-0.39, 0.29) is 17.5 Å². The molecule has 1 aromatic rings.